The summed E-state index contributed by atoms with van der Waals surface area (Å²) >= 11 is 0. The number of hydrogen-bond donors (Lipinski definition) is 1. The van der Waals surface area contributed by atoms with Crippen LogP contribution in [0.25, 0.3) is 0 Å². The largest absolute Gasteiger partial charge is 0.394 e. The first-order valence-electron chi connectivity index (χ1n) is 6.14. The summed E-state index contributed by atoms with van der Waals surface area (Å²) in [5, 5.41) is 9.62. The molecule has 94 valence electrons. The van der Waals surface area contributed by atoms with E-state index < -0.39 is 5.54 Å². The summed E-state index contributed by atoms with van der Waals surface area (Å²) in [7, 11) is 0. The first-order valence-corrected chi connectivity index (χ1v) is 6.14. The molecule has 0 atom stereocenters. The van der Waals surface area contributed by atoms with Crippen LogP contribution in [0.5, 0.6) is 0 Å². The molecule has 1 fully saturated rings. The topological polar surface area (TPSA) is 70.5 Å². The van der Waals surface area contributed by atoms with Crippen molar-refractivity contribution in [2.24, 2.45) is 0 Å². The molecule has 5 nitrogen and oxygen atoms in total. The van der Waals surface area contributed by atoms with Gasteiger partial charge >= 0.3 is 0 Å². The lowest BCUT2D eigenvalue weighted by Crippen LogP contribution is -2.52. The Morgan fingerprint density at radius 2 is 2.00 bits per heavy atom. The average Bonchev–Trinajstić information content (AvgIpc) is 2.96. The van der Waals surface area contributed by atoms with Gasteiger partial charge in [-0.25, -0.2) is 0 Å². The lowest BCUT2D eigenvalue weighted by molar-refractivity contribution is 0.0267. The van der Waals surface area contributed by atoms with E-state index in [-0.39, 0.29) is 24.1 Å². The monoisotopic (exact) mass is 246 g/mol. The van der Waals surface area contributed by atoms with Crippen LogP contribution < -0.4 is 0 Å². The lowest BCUT2D eigenvalue weighted by atomic mass is 9.96. The molecule has 1 aromatic rings. The van der Waals surface area contributed by atoms with E-state index in [4.69, 9.17) is 0 Å². The Morgan fingerprint density at radius 3 is 2.61 bits per heavy atom. The van der Waals surface area contributed by atoms with Gasteiger partial charge in [0, 0.05) is 6.20 Å². The zero-order valence-corrected chi connectivity index (χ0v) is 9.93. The predicted octanol–water partition coefficient (Wildman–Crippen LogP) is 0.983. The van der Waals surface area contributed by atoms with Crippen molar-refractivity contribution < 1.29 is 14.7 Å². The van der Waals surface area contributed by atoms with Gasteiger partial charge in [0.15, 0.2) is 0 Å². The molecule has 0 bridgehead atoms. The third-order valence-electron chi connectivity index (χ3n) is 3.95. The zero-order chi connectivity index (χ0) is 12.8. The number of imide groups is 1. The summed E-state index contributed by atoms with van der Waals surface area (Å²) in [6.45, 7) is -0.168. The summed E-state index contributed by atoms with van der Waals surface area (Å²) in [5.74, 6) is -0.689. The van der Waals surface area contributed by atoms with Gasteiger partial charge in [-0.2, -0.15) is 0 Å². The molecule has 3 rings (SSSR count). The zero-order valence-electron chi connectivity index (χ0n) is 9.93. The molecule has 2 heterocycles. The molecule has 1 aliphatic heterocycles. The maximum atomic E-state index is 12.3. The first kappa shape index (κ1) is 11.3. The van der Waals surface area contributed by atoms with Gasteiger partial charge < -0.3 is 5.11 Å². The fourth-order valence-electron chi connectivity index (χ4n) is 2.98. The molecule has 5 heteroatoms. The van der Waals surface area contributed by atoms with E-state index in [2.05, 4.69) is 4.98 Å². The van der Waals surface area contributed by atoms with Gasteiger partial charge in [0.25, 0.3) is 11.8 Å². The number of rotatable bonds is 2. The van der Waals surface area contributed by atoms with Crippen LogP contribution in [0.3, 0.4) is 0 Å². The number of carbonyl (C=O) groups excluding carboxylic acids is 2. The number of aliphatic hydroxyl groups is 1. The molecule has 0 spiro atoms. The number of aliphatic hydroxyl groups excluding tert-OH is 1. The van der Waals surface area contributed by atoms with E-state index in [1.165, 1.54) is 11.1 Å². The minimum atomic E-state index is -0.713. The Morgan fingerprint density at radius 1 is 1.28 bits per heavy atom. The highest BCUT2D eigenvalue weighted by Gasteiger charge is 2.50. The molecular weight excluding hydrogens is 232 g/mol. The van der Waals surface area contributed by atoms with Crippen LogP contribution in [0, 0.1) is 0 Å². The number of nitrogens with zero attached hydrogens (tertiary/aromatic N) is 2. The van der Waals surface area contributed by atoms with Gasteiger partial charge in [0.05, 0.1) is 17.7 Å². The van der Waals surface area contributed by atoms with Crippen molar-refractivity contribution in [2.45, 2.75) is 31.2 Å². The van der Waals surface area contributed by atoms with Crippen LogP contribution in [0.4, 0.5) is 0 Å². The van der Waals surface area contributed by atoms with Gasteiger partial charge in [0.1, 0.15) is 5.69 Å². The molecule has 18 heavy (non-hydrogen) atoms. The highest BCUT2D eigenvalue weighted by molar-refractivity contribution is 6.20. The normalized spacial score (nSPS) is 21.5. The summed E-state index contributed by atoms with van der Waals surface area (Å²) in [5.41, 5.74) is -0.154. The van der Waals surface area contributed by atoms with Crippen LogP contribution in [-0.4, -0.2) is 39.0 Å². The van der Waals surface area contributed by atoms with Crippen molar-refractivity contribution in [3.05, 3.63) is 29.6 Å². The van der Waals surface area contributed by atoms with E-state index in [1.54, 1.807) is 12.1 Å². The molecule has 1 aliphatic carbocycles. The molecule has 1 N–H and O–H groups in total. The summed E-state index contributed by atoms with van der Waals surface area (Å²) in [6, 6.07) is 3.26. The van der Waals surface area contributed by atoms with E-state index in [1.807, 2.05) is 0 Å². The summed E-state index contributed by atoms with van der Waals surface area (Å²) in [4.78, 5) is 29.8. The van der Waals surface area contributed by atoms with Crippen molar-refractivity contribution in [1.82, 2.24) is 9.88 Å². The maximum absolute atomic E-state index is 12.3. The highest BCUT2D eigenvalue weighted by Crippen LogP contribution is 2.39. The van der Waals surface area contributed by atoms with Crippen molar-refractivity contribution in [3.63, 3.8) is 0 Å². The fourth-order valence-corrected chi connectivity index (χ4v) is 2.98. The molecule has 2 amide bonds. The highest BCUT2D eigenvalue weighted by atomic mass is 16.3. The smallest absolute Gasteiger partial charge is 0.280 e. The van der Waals surface area contributed by atoms with Crippen molar-refractivity contribution in [3.8, 4) is 0 Å². The molecule has 0 aromatic carbocycles. The van der Waals surface area contributed by atoms with Crippen molar-refractivity contribution in [2.75, 3.05) is 6.61 Å². The second kappa shape index (κ2) is 3.88. The number of carbonyl (C=O) groups is 2. The molecule has 1 saturated carbocycles. The Hall–Kier alpha value is -1.75. The fraction of sp³-hybridized carbons (Fsp3) is 0.462. The predicted molar refractivity (Wildman–Crippen MR) is 63.0 cm³/mol. The third-order valence-corrected chi connectivity index (χ3v) is 3.95. The van der Waals surface area contributed by atoms with Gasteiger partial charge in [-0.15, -0.1) is 0 Å². The standard InChI is InChI=1S/C13H14N2O3/c16-8-13(5-1-2-6-13)15-11(17)9-4-3-7-14-10(9)12(15)18/h3-4,7,16H,1-2,5-6,8H2. The lowest BCUT2D eigenvalue weighted by Gasteiger charge is -2.35. The maximum Gasteiger partial charge on any atom is 0.280 e. The molecule has 0 unspecified atom stereocenters. The minimum Gasteiger partial charge on any atom is -0.394 e. The van der Waals surface area contributed by atoms with E-state index in [0.29, 0.717) is 18.4 Å². The van der Waals surface area contributed by atoms with Gasteiger partial charge in [-0.3, -0.25) is 19.5 Å². The van der Waals surface area contributed by atoms with Crippen molar-refractivity contribution >= 4 is 11.8 Å². The Balaban J connectivity index is 2.06. The minimum absolute atomic E-state index is 0.168. The summed E-state index contributed by atoms with van der Waals surface area (Å²) in [6.07, 6.45) is 4.72. The molecule has 1 aromatic heterocycles. The molecule has 0 saturated heterocycles. The van der Waals surface area contributed by atoms with E-state index in [0.717, 1.165) is 12.8 Å². The number of hydrogen-bond acceptors (Lipinski definition) is 4. The second-order valence-electron chi connectivity index (χ2n) is 4.93. The quantitative estimate of drug-likeness (QED) is 0.790. The number of aromatic nitrogens is 1. The van der Waals surface area contributed by atoms with Crippen LogP contribution in [0.15, 0.2) is 18.3 Å². The van der Waals surface area contributed by atoms with E-state index in [9.17, 15) is 14.7 Å². The molecular formula is C13H14N2O3. The summed E-state index contributed by atoms with van der Waals surface area (Å²) < 4.78 is 0. The number of fused-ring (bicyclic) bond motifs is 1. The Kier molecular flexibility index (Phi) is 2.45. The van der Waals surface area contributed by atoms with Gasteiger partial charge in [0.2, 0.25) is 0 Å². The first-order chi connectivity index (χ1) is 8.69. The van der Waals surface area contributed by atoms with Crippen LogP contribution in [0.1, 0.15) is 46.5 Å². The Bertz CT molecular complexity index is 486. The van der Waals surface area contributed by atoms with Crippen LogP contribution in [0.2, 0.25) is 0 Å². The van der Waals surface area contributed by atoms with Crippen molar-refractivity contribution in [1.29, 1.82) is 0 Å². The second-order valence-corrected chi connectivity index (χ2v) is 4.93. The van der Waals surface area contributed by atoms with Crippen LogP contribution >= 0.6 is 0 Å². The SMILES string of the molecule is O=C1c2cccnc2C(=O)N1C1(CO)CCCC1. The molecule has 0 radical (unpaired) electrons. The molecule has 2 aliphatic rings. The van der Waals surface area contributed by atoms with Crippen LogP contribution in [-0.2, 0) is 0 Å². The van der Waals surface area contributed by atoms with E-state index >= 15 is 0 Å². The van der Waals surface area contributed by atoms with Gasteiger partial charge in [-0.05, 0) is 25.0 Å². The average molecular weight is 246 g/mol. The van der Waals surface area contributed by atoms with Gasteiger partial charge in [-0.1, -0.05) is 12.8 Å². The number of amides is 2. The number of pyridine rings is 1. The Labute approximate surface area is 104 Å². The third kappa shape index (κ3) is 1.34.